The molecule has 0 radical (unpaired) electrons. The van der Waals surface area contributed by atoms with Crippen molar-refractivity contribution in [3.63, 3.8) is 0 Å². The van der Waals surface area contributed by atoms with E-state index < -0.39 is 0 Å². The summed E-state index contributed by atoms with van der Waals surface area (Å²) in [5.41, 5.74) is 2.19. The summed E-state index contributed by atoms with van der Waals surface area (Å²) in [5, 5.41) is 12.7. The van der Waals surface area contributed by atoms with Gasteiger partial charge in [-0.1, -0.05) is 17.7 Å². The molecule has 0 unspecified atom stereocenters. The summed E-state index contributed by atoms with van der Waals surface area (Å²) < 4.78 is 1.91. The molecule has 0 aliphatic rings. The molecule has 0 atom stereocenters. The molecule has 0 spiro atoms. The van der Waals surface area contributed by atoms with Gasteiger partial charge in [0, 0.05) is 35.1 Å². The molecule has 4 rings (SSSR count). The first-order valence-corrected chi connectivity index (χ1v) is 7.93. The Bertz CT molecular complexity index is 1040. The quantitative estimate of drug-likeness (QED) is 0.600. The van der Waals surface area contributed by atoms with Crippen molar-refractivity contribution < 1.29 is 4.79 Å². The normalized spacial score (nSPS) is 11.2. The average molecular weight is 340 g/mol. The van der Waals surface area contributed by atoms with Crippen LogP contribution >= 0.6 is 11.6 Å². The molecule has 0 saturated heterocycles. The molecule has 120 valence electrons. The number of carbonyl (C=O) groups is 1. The zero-order valence-electron chi connectivity index (χ0n) is 12.7. The van der Waals surface area contributed by atoms with Crippen molar-refractivity contribution >= 4 is 34.1 Å². The van der Waals surface area contributed by atoms with Gasteiger partial charge in [-0.05, 0) is 36.4 Å². The number of H-pyrrole nitrogens is 1. The number of rotatable bonds is 4. The molecule has 2 N–H and O–H groups in total. The standard InChI is InChI=1S/C17H14ClN5O/c18-12-4-5-13-11(9-12)10-14(20-13)17(24)19-7-6-16-22-21-15-3-1-2-8-23(15)16/h1-5,8-10,20H,6-7H2,(H,19,24). The lowest BCUT2D eigenvalue weighted by molar-refractivity contribution is 0.0950. The van der Waals surface area contributed by atoms with Crippen LogP contribution in [0, 0.1) is 0 Å². The number of nitrogens with zero attached hydrogens (tertiary/aromatic N) is 3. The third-order valence-corrected chi connectivity index (χ3v) is 4.08. The Hall–Kier alpha value is -2.86. The first-order valence-electron chi connectivity index (χ1n) is 7.56. The van der Waals surface area contributed by atoms with Crippen molar-refractivity contribution in [1.82, 2.24) is 24.9 Å². The van der Waals surface area contributed by atoms with Crippen molar-refractivity contribution in [1.29, 1.82) is 0 Å². The summed E-state index contributed by atoms with van der Waals surface area (Å²) in [6.07, 6.45) is 2.51. The summed E-state index contributed by atoms with van der Waals surface area (Å²) >= 11 is 5.97. The van der Waals surface area contributed by atoms with Gasteiger partial charge in [0.2, 0.25) is 0 Å². The predicted octanol–water partition coefficient (Wildman–Crippen LogP) is 2.84. The molecular weight excluding hydrogens is 326 g/mol. The largest absolute Gasteiger partial charge is 0.351 e. The Morgan fingerprint density at radius 1 is 1.21 bits per heavy atom. The molecule has 0 aliphatic carbocycles. The predicted molar refractivity (Wildman–Crippen MR) is 92.3 cm³/mol. The maximum Gasteiger partial charge on any atom is 0.267 e. The fourth-order valence-corrected chi connectivity index (χ4v) is 2.85. The van der Waals surface area contributed by atoms with Gasteiger partial charge in [-0.15, -0.1) is 10.2 Å². The van der Waals surface area contributed by atoms with Crippen molar-refractivity contribution in [2.75, 3.05) is 6.54 Å². The number of amides is 1. The molecule has 4 aromatic rings. The topological polar surface area (TPSA) is 75.1 Å². The van der Waals surface area contributed by atoms with Gasteiger partial charge in [0.05, 0.1) is 0 Å². The van der Waals surface area contributed by atoms with E-state index in [0.717, 1.165) is 22.4 Å². The van der Waals surface area contributed by atoms with E-state index in [1.165, 1.54) is 0 Å². The van der Waals surface area contributed by atoms with Crippen LogP contribution in [-0.2, 0) is 6.42 Å². The van der Waals surface area contributed by atoms with E-state index in [0.29, 0.717) is 23.7 Å². The second-order valence-electron chi connectivity index (χ2n) is 5.47. The van der Waals surface area contributed by atoms with Crippen LogP contribution in [0.2, 0.25) is 5.02 Å². The van der Waals surface area contributed by atoms with E-state index in [1.54, 1.807) is 12.1 Å². The molecule has 0 bridgehead atoms. The van der Waals surface area contributed by atoms with Crippen LogP contribution in [0.25, 0.3) is 16.6 Å². The van der Waals surface area contributed by atoms with Gasteiger partial charge in [0.1, 0.15) is 11.5 Å². The van der Waals surface area contributed by atoms with Gasteiger partial charge in [-0.2, -0.15) is 0 Å². The number of aromatic amines is 1. The number of benzene rings is 1. The summed E-state index contributed by atoms with van der Waals surface area (Å²) in [6, 6.07) is 13.0. The molecule has 1 amide bonds. The fourth-order valence-electron chi connectivity index (χ4n) is 2.67. The van der Waals surface area contributed by atoms with Crippen molar-refractivity contribution in [2.45, 2.75) is 6.42 Å². The SMILES string of the molecule is O=C(NCCc1nnc2ccccn12)c1cc2cc(Cl)ccc2[nH]1. The first-order chi connectivity index (χ1) is 11.7. The number of aromatic nitrogens is 4. The molecule has 0 saturated carbocycles. The molecule has 7 heteroatoms. The number of halogens is 1. The van der Waals surface area contributed by atoms with E-state index in [4.69, 9.17) is 11.6 Å². The van der Waals surface area contributed by atoms with Gasteiger partial charge >= 0.3 is 0 Å². The van der Waals surface area contributed by atoms with Crippen molar-refractivity contribution in [3.8, 4) is 0 Å². The zero-order chi connectivity index (χ0) is 16.5. The lowest BCUT2D eigenvalue weighted by Gasteiger charge is -2.03. The van der Waals surface area contributed by atoms with Gasteiger partial charge in [0.15, 0.2) is 5.65 Å². The van der Waals surface area contributed by atoms with Crippen LogP contribution in [0.15, 0.2) is 48.7 Å². The van der Waals surface area contributed by atoms with Crippen molar-refractivity contribution in [3.05, 3.63) is 65.2 Å². The summed E-state index contributed by atoms with van der Waals surface area (Å²) in [4.78, 5) is 15.4. The van der Waals surface area contributed by atoms with Crippen LogP contribution in [0.1, 0.15) is 16.3 Å². The van der Waals surface area contributed by atoms with Gasteiger partial charge in [0.25, 0.3) is 5.91 Å². The molecule has 6 nitrogen and oxygen atoms in total. The number of hydrogen-bond donors (Lipinski definition) is 2. The lowest BCUT2D eigenvalue weighted by Crippen LogP contribution is -2.26. The molecule has 3 heterocycles. The number of carbonyl (C=O) groups excluding carboxylic acids is 1. The monoisotopic (exact) mass is 339 g/mol. The fraction of sp³-hybridized carbons (Fsp3) is 0.118. The Morgan fingerprint density at radius 3 is 3.04 bits per heavy atom. The molecule has 1 aromatic carbocycles. The molecule has 0 aliphatic heterocycles. The van der Waals surface area contributed by atoms with Crippen LogP contribution in [0.3, 0.4) is 0 Å². The van der Waals surface area contributed by atoms with Crippen LogP contribution in [0.4, 0.5) is 0 Å². The Labute approximate surface area is 142 Å². The van der Waals surface area contributed by atoms with Gasteiger partial charge in [-0.3, -0.25) is 9.20 Å². The Balaban J connectivity index is 1.44. The smallest absolute Gasteiger partial charge is 0.267 e. The minimum Gasteiger partial charge on any atom is -0.351 e. The summed E-state index contributed by atoms with van der Waals surface area (Å²) in [6.45, 7) is 0.477. The number of pyridine rings is 1. The Morgan fingerprint density at radius 2 is 2.12 bits per heavy atom. The number of nitrogens with one attached hydrogen (secondary N) is 2. The van der Waals surface area contributed by atoms with E-state index in [-0.39, 0.29) is 5.91 Å². The number of hydrogen-bond acceptors (Lipinski definition) is 3. The van der Waals surface area contributed by atoms with Crippen LogP contribution in [0.5, 0.6) is 0 Å². The first kappa shape index (κ1) is 14.7. The van der Waals surface area contributed by atoms with Gasteiger partial charge < -0.3 is 10.3 Å². The highest BCUT2D eigenvalue weighted by Gasteiger charge is 2.10. The molecule has 24 heavy (non-hydrogen) atoms. The highest BCUT2D eigenvalue weighted by molar-refractivity contribution is 6.31. The van der Waals surface area contributed by atoms with Gasteiger partial charge in [-0.25, -0.2) is 0 Å². The third kappa shape index (κ3) is 2.72. The Kier molecular flexibility index (Phi) is 3.66. The lowest BCUT2D eigenvalue weighted by atomic mass is 10.2. The summed E-state index contributed by atoms with van der Waals surface area (Å²) in [5.74, 6) is 0.658. The minimum absolute atomic E-state index is 0.156. The van der Waals surface area contributed by atoms with Crippen molar-refractivity contribution in [2.24, 2.45) is 0 Å². The highest BCUT2D eigenvalue weighted by atomic mass is 35.5. The zero-order valence-corrected chi connectivity index (χ0v) is 13.4. The second kappa shape index (κ2) is 5.98. The maximum atomic E-state index is 12.3. The number of fused-ring (bicyclic) bond motifs is 2. The van der Waals surface area contributed by atoms with E-state index in [2.05, 4.69) is 20.5 Å². The average Bonchev–Trinajstić information content (AvgIpc) is 3.18. The maximum absolute atomic E-state index is 12.3. The van der Waals surface area contributed by atoms with E-state index >= 15 is 0 Å². The molecular formula is C17H14ClN5O. The van der Waals surface area contributed by atoms with Crippen LogP contribution < -0.4 is 5.32 Å². The van der Waals surface area contributed by atoms with E-state index in [1.807, 2.05) is 40.9 Å². The van der Waals surface area contributed by atoms with Crippen LogP contribution in [-0.4, -0.2) is 32.0 Å². The minimum atomic E-state index is -0.156. The third-order valence-electron chi connectivity index (χ3n) is 3.85. The summed E-state index contributed by atoms with van der Waals surface area (Å²) in [7, 11) is 0. The molecule has 3 aromatic heterocycles. The second-order valence-corrected chi connectivity index (χ2v) is 5.90. The van der Waals surface area contributed by atoms with E-state index in [9.17, 15) is 4.79 Å². The highest BCUT2D eigenvalue weighted by Crippen LogP contribution is 2.20. The molecule has 0 fully saturated rings.